The van der Waals surface area contributed by atoms with Crippen LogP contribution >= 0.6 is 0 Å². The first-order chi connectivity index (χ1) is 14.1. The van der Waals surface area contributed by atoms with Gasteiger partial charge >= 0.3 is 0 Å². The minimum absolute atomic E-state index is 0.138. The second kappa shape index (κ2) is 8.10. The Morgan fingerprint density at radius 2 is 1.93 bits per heavy atom. The molecular formula is C21H24N4O5. The molecule has 1 aromatic heterocycles. The van der Waals surface area contributed by atoms with E-state index in [0.29, 0.717) is 29.9 Å². The number of carbonyl (C=O) groups excluding carboxylic acids is 2. The molecule has 158 valence electrons. The molecule has 0 spiro atoms. The molecule has 0 saturated carbocycles. The molecule has 30 heavy (non-hydrogen) atoms. The first kappa shape index (κ1) is 21.2. The molecule has 0 atom stereocenters. The van der Waals surface area contributed by atoms with Gasteiger partial charge in [-0.1, -0.05) is 6.07 Å². The standard InChI is InChI=1S/C21H24N4O5/c1-12-17-15(23-24-19(26)13-7-5-8-14(11-13)25(28)29)9-6-10-16(17)30-18(12)20(27)22-21(2,3)4/h5,7-8,11H,6,9-10H2,1-4H3,(H,22,27)(H,24,26)/b23-15+. The Kier molecular flexibility index (Phi) is 5.73. The molecule has 1 heterocycles. The van der Waals surface area contributed by atoms with Gasteiger partial charge in [0.15, 0.2) is 5.76 Å². The molecule has 1 aliphatic carbocycles. The Bertz CT molecular complexity index is 1050. The number of nitro benzene ring substituents is 1. The number of amides is 2. The number of aryl methyl sites for hydroxylation is 1. The maximum atomic E-state index is 12.6. The van der Waals surface area contributed by atoms with Gasteiger partial charge in [-0.25, -0.2) is 5.43 Å². The zero-order valence-electron chi connectivity index (χ0n) is 17.4. The van der Waals surface area contributed by atoms with Crippen LogP contribution in [0.3, 0.4) is 0 Å². The van der Waals surface area contributed by atoms with E-state index in [1.807, 2.05) is 20.8 Å². The van der Waals surface area contributed by atoms with Gasteiger partial charge in [0.1, 0.15) is 5.76 Å². The number of fused-ring (bicyclic) bond motifs is 1. The fourth-order valence-electron chi connectivity index (χ4n) is 3.34. The SMILES string of the molecule is Cc1c(C(=O)NC(C)(C)C)oc2c1/C(=N/NC(=O)c1cccc([N+](=O)[O-])c1)CCC2. The zero-order valence-corrected chi connectivity index (χ0v) is 17.4. The molecule has 0 bridgehead atoms. The van der Waals surface area contributed by atoms with Crippen LogP contribution < -0.4 is 10.7 Å². The molecule has 2 amide bonds. The van der Waals surface area contributed by atoms with Gasteiger partial charge in [0.2, 0.25) is 0 Å². The lowest BCUT2D eigenvalue weighted by Crippen LogP contribution is -2.40. The molecule has 0 aliphatic heterocycles. The van der Waals surface area contributed by atoms with Gasteiger partial charge in [0, 0.05) is 40.8 Å². The lowest BCUT2D eigenvalue weighted by Gasteiger charge is -2.19. The lowest BCUT2D eigenvalue weighted by atomic mass is 9.93. The second-order valence-corrected chi connectivity index (χ2v) is 8.22. The Morgan fingerprint density at radius 3 is 2.60 bits per heavy atom. The van der Waals surface area contributed by atoms with Crippen molar-refractivity contribution >= 4 is 23.2 Å². The molecule has 1 aromatic carbocycles. The molecule has 2 N–H and O–H groups in total. The van der Waals surface area contributed by atoms with Gasteiger partial charge < -0.3 is 9.73 Å². The molecule has 1 aliphatic rings. The molecule has 0 saturated heterocycles. The van der Waals surface area contributed by atoms with E-state index >= 15 is 0 Å². The number of non-ortho nitro benzene ring substituents is 1. The highest BCUT2D eigenvalue weighted by atomic mass is 16.6. The zero-order chi connectivity index (χ0) is 22.1. The molecular weight excluding hydrogens is 388 g/mol. The summed E-state index contributed by atoms with van der Waals surface area (Å²) in [5.74, 6) is 0.0650. The van der Waals surface area contributed by atoms with E-state index in [0.717, 1.165) is 12.0 Å². The van der Waals surface area contributed by atoms with E-state index in [4.69, 9.17) is 4.42 Å². The Morgan fingerprint density at radius 1 is 1.20 bits per heavy atom. The Labute approximate surface area is 173 Å². The number of rotatable bonds is 4. The summed E-state index contributed by atoms with van der Waals surface area (Å²) in [7, 11) is 0. The normalized spacial score (nSPS) is 14.9. The van der Waals surface area contributed by atoms with Crippen LogP contribution in [-0.2, 0) is 6.42 Å². The molecule has 0 radical (unpaired) electrons. The van der Waals surface area contributed by atoms with Crippen LogP contribution in [0.4, 0.5) is 5.69 Å². The third kappa shape index (κ3) is 4.56. The van der Waals surface area contributed by atoms with E-state index in [1.165, 1.54) is 24.3 Å². The van der Waals surface area contributed by atoms with Crippen LogP contribution in [0.5, 0.6) is 0 Å². The average Bonchev–Trinajstić information content (AvgIpc) is 3.02. The van der Waals surface area contributed by atoms with Crippen molar-refractivity contribution in [3.8, 4) is 0 Å². The maximum Gasteiger partial charge on any atom is 0.287 e. The highest BCUT2D eigenvalue weighted by Crippen LogP contribution is 2.30. The van der Waals surface area contributed by atoms with Crippen molar-refractivity contribution in [1.29, 1.82) is 0 Å². The van der Waals surface area contributed by atoms with Gasteiger partial charge in [0.25, 0.3) is 17.5 Å². The van der Waals surface area contributed by atoms with Crippen molar-refractivity contribution in [3.05, 3.63) is 62.6 Å². The fourth-order valence-corrected chi connectivity index (χ4v) is 3.34. The Balaban J connectivity index is 1.85. The number of hydrogen-bond acceptors (Lipinski definition) is 6. The van der Waals surface area contributed by atoms with E-state index in [2.05, 4.69) is 15.8 Å². The number of nitrogens with one attached hydrogen (secondary N) is 2. The maximum absolute atomic E-state index is 12.6. The smallest absolute Gasteiger partial charge is 0.287 e. The summed E-state index contributed by atoms with van der Waals surface area (Å²) < 4.78 is 5.83. The van der Waals surface area contributed by atoms with Crippen molar-refractivity contribution < 1.29 is 18.9 Å². The van der Waals surface area contributed by atoms with Gasteiger partial charge in [-0.05, 0) is 46.6 Å². The highest BCUT2D eigenvalue weighted by Gasteiger charge is 2.29. The predicted octanol–water partition coefficient (Wildman–Crippen LogP) is 3.49. The first-order valence-electron chi connectivity index (χ1n) is 9.63. The van der Waals surface area contributed by atoms with Gasteiger partial charge in [-0.3, -0.25) is 19.7 Å². The topological polar surface area (TPSA) is 127 Å². The number of nitrogens with zero attached hydrogens (tertiary/aromatic N) is 2. The van der Waals surface area contributed by atoms with Crippen molar-refractivity contribution in [2.24, 2.45) is 5.10 Å². The van der Waals surface area contributed by atoms with Crippen molar-refractivity contribution in [1.82, 2.24) is 10.7 Å². The summed E-state index contributed by atoms with van der Waals surface area (Å²) in [4.78, 5) is 35.3. The molecule has 9 heteroatoms. The summed E-state index contributed by atoms with van der Waals surface area (Å²) in [6.07, 6.45) is 2.06. The number of hydrazone groups is 1. The number of hydrogen-bond donors (Lipinski definition) is 2. The minimum Gasteiger partial charge on any atom is -0.455 e. The van der Waals surface area contributed by atoms with Gasteiger partial charge in [0.05, 0.1) is 10.6 Å². The van der Waals surface area contributed by atoms with Crippen LogP contribution in [0, 0.1) is 17.0 Å². The quantitative estimate of drug-likeness (QED) is 0.587. The monoisotopic (exact) mass is 412 g/mol. The summed E-state index contributed by atoms with van der Waals surface area (Å²) in [6, 6.07) is 5.43. The molecule has 3 rings (SSSR count). The number of nitro groups is 1. The predicted molar refractivity (Wildman–Crippen MR) is 111 cm³/mol. The fraction of sp³-hybridized carbons (Fsp3) is 0.381. The summed E-state index contributed by atoms with van der Waals surface area (Å²) in [6.45, 7) is 7.46. The molecule has 0 fully saturated rings. The number of furan rings is 1. The average molecular weight is 412 g/mol. The van der Waals surface area contributed by atoms with Crippen molar-refractivity contribution in [3.63, 3.8) is 0 Å². The Hall–Kier alpha value is -3.49. The number of carbonyl (C=O) groups is 2. The van der Waals surface area contributed by atoms with E-state index < -0.39 is 16.4 Å². The molecule has 0 unspecified atom stereocenters. The first-order valence-corrected chi connectivity index (χ1v) is 9.63. The van der Waals surface area contributed by atoms with Crippen LogP contribution in [0.25, 0.3) is 0 Å². The summed E-state index contributed by atoms with van der Waals surface area (Å²) in [5.41, 5.74) is 4.06. The molecule has 9 nitrogen and oxygen atoms in total. The van der Waals surface area contributed by atoms with Gasteiger partial charge in [-0.2, -0.15) is 5.10 Å². The van der Waals surface area contributed by atoms with E-state index in [9.17, 15) is 19.7 Å². The molecule has 2 aromatic rings. The third-order valence-corrected chi connectivity index (χ3v) is 4.63. The van der Waals surface area contributed by atoms with Crippen LogP contribution in [-0.4, -0.2) is 28.0 Å². The number of benzene rings is 1. The van der Waals surface area contributed by atoms with Crippen LogP contribution in [0.2, 0.25) is 0 Å². The van der Waals surface area contributed by atoms with E-state index in [-0.39, 0.29) is 22.9 Å². The third-order valence-electron chi connectivity index (χ3n) is 4.63. The minimum atomic E-state index is -0.560. The highest BCUT2D eigenvalue weighted by molar-refractivity contribution is 6.07. The summed E-state index contributed by atoms with van der Waals surface area (Å²) >= 11 is 0. The van der Waals surface area contributed by atoms with Crippen molar-refractivity contribution in [2.45, 2.75) is 52.5 Å². The van der Waals surface area contributed by atoms with E-state index in [1.54, 1.807) is 6.92 Å². The second-order valence-electron chi connectivity index (χ2n) is 8.22. The summed E-state index contributed by atoms with van der Waals surface area (Å²) in [5, 5.41) is 18.0. The lowest BCUT2D eigenvalue weighted by molar-refractivity contribution is -0.384. The van der Waals surface area contributed by atoms with Crippen molar-refractivity contribution in [2.75, 3.05) is 0 Å². The van der Waals surface area contributed by atoms with Gasteiger partial charge in [-0.15, -0.1) is 0 Å². The largest absolute Gasteiger partial charge is 0.455 e. The van der Waals surface area contributed by atoms with Crippen LogP contribution in [0.1, 0.15) is 71.4 Å². The van der Waals surface area contributed by atoms with Crippen LogP contribution in [0.15, 0.2) is 33.8 Å².